The summed E-state index contributed by atoms with van der Waals surface area (Å²) in [7, 11) is 0. The third-order valence-corrected chi connectivity index (χ3v) is 4.32. The standard InChI is InChI=1S/C15H12FN3S/c16-10-4-5-14-12(8-10)13(6-7-20-14)19-15-3-1-2-11(9-17)18-15/h1-5,8,13H,6-7H2,(H,18,19). The summed E-state index contributed by atoms with van der Waals surface area (Å²) in [5.74, 6) is 1.40. The Balaban J connectivity index is 1.89. The van der Waals surface area contributed by atoms with Gasteiger partial charge in [-0.2, -0.15) is 5.26 Å². The minimum atomic E-state index is -0.225. The predicted octanol–water partition coefficient (Wildman–Crippen LogP) is 3.74. The zero-order valence-corrected chi connectivity index (χ0v) is 11.5. The van der Waals surface area contributed by atoms with E-state index in [4.69, 9.17) is 5.26 Å². The van der Waals surface area contributed by atoms with Gasteiger partial charge in [0, 0.05) is 10.6 Å². The van der Waals surface area contributed by atoms with Gasteiger partial charge in [0.2, 0.25) is 0 Å². The van der Waals surface area contributed by atoms with Gasteiger partial charge in [0.05, 0.1) is 6.04 Å². The second kappa shape index (κ2) is 5.51. The van der Waals surface area contributed by atoms with Crippen molar-refractivity contribution in [1.82, 2.24) is 4.98 Å². The van der Waals surface area contributed by atoms with Gasteiger partial charge >= 0.3 is 0 Å². The first-order valence-corrected chi connectivity index (χ1v) is 7.31. The van der Waals surface area contributed by atoms with Gasteiger partial charge < -0.3 is 5.32 Å². The molecule has 1 aromatic heterocycles. The quantitative estimate of drug-likeness (QED) is 0.913. The average Bonchev–Trinajstić information content (AvgIpc) is 2.48. The first-order valence-electron chi connectivity index (χ1n) is 6.32. The Bertz CT molecular complexity index is 681. The fourth-order valence-corrected chi connectivity index (χ4v) is 3.38. The number of thioether (sulfide) groups is 1. The number of halogens is 1. The number of hydrogen-bond acceptors (Lipinski definition) is 4. The molecule has 0 radical (unpaired) electrons. The van der Waals surface area contributed by atoms with Gasteiger partial charge in [-0.1, -0.05) is 6.07 Å². The second-order valence-corrected chi connectivity index (χ2v) is 5.67. The smallest absolute Gasteiger partial charge is 0.142 e. The number of nitrogens with zero attached hydrogens (tertiary/aromatic N) is 2. The van der Waals surface area contributed by atoms with Crippen molar-refractivity contribution in [3.8, 4) is 6.07 Å². The molecule has 1 aromatic carbocycles. The SMILES string of the molecule is N#Cc1cccc(NC2CCSc3ccc(F)cc32)n1. The lowest BCUT2D eigenvalue weighted by atomic mass is 10.0. The van der Waals surface area contributed by atoms with E-state index in [-0.39, 0.29) is 11.9 Å². The van der Waals surface area contributed by atoms with E-state index in [9.17, 15) is 4.39 Å². The molecule has 0 amide bonds. The van der Waals surface area contributed by atoms with Crippen LogP contribution < -0.4 is 5.32 Å². The number of anilines is 1. The van der Waals surface area contributed by atoms with Crippen molar-refractivity contribution < 1.29 is 4.39 Å². The first kappa shape index (κ1) is 12.9. The van der Waals surface area contributed by atoms with Crippen LogP contribution in [0.2, 0.25) is 0 Å². The Morgan fingerprint density at radius 2 is 2.25 bits per heavy atom. The summed E-state index contributed by atoms with van der Waals surface area (Å²) < 4.78 is 13.4. The lowest BCUT2D eigenvalue weighted by Crippen LogP contribution is -2.17. The molecule has 3 rings (SSSR count). The zero-order valence-electron chi connectivity index (χ0n) is 10.6. The van der Waals surface area contributed by atoms with Crippen LogP contribution in [0.15, 0.2) is 41.3 Å². The van der Waals surface area contributed by atoms with E-state index < -0.39 is 0 Å². The molecule has 1 aliphatic rings. The highest BCUT2D eigenvalue weighted by atomic mass is 32.2. The molecule has 1 unspecified atom stereocenters. The second-order valence-electron chi connectivity index (χ2n) is 4.54. The molecular weight excluding hydrogens is 273 g/mol. The predicted molar refractivity (Wildman–Crippen MR) is 77.1 cm³/mol. The lowest BCUT2D eigenvalue weighted by Gasteiger charge is -2.26. The third kappa shape index (κ3) is 2.61. The molecule has 1 aliphatic heterocycles. The van der Waals surface area contributed by atoms with Gasteiger partial charge in [-0.15, -0.1) is 11.8 Å². The summed E-state index contributed by atoms with van der Waals surface area (Å²) in [5, 5.41) is 12.2. The Kier molecular flexibility index (Phi) is 3.57. The van der Waals surface area contributed by atoms with Gasteiger partial charge in [0.15, 0.2) is 0 Å². The van der Waals surface area contributed by atoms with Crippen molar-refractivity contribution in [2.45, 2.75) is 17.4 Å². The molecule has 2 aromatic rings. The van der Waals surface area contributed by atoms with Crippen molar-refractivity contribution in [1.29, 1.82) is 5.26 Å². The van der Waals surface area contributed by atoms with Crippen molar-refractivity contribution in [2.75, 3.05) is 11.1 Å². The van der Waals surface area contributed by atoms with Crippen LogP contribution in [0.3, 0.4) is 0 Å². The zero-order chi connectivity index (χ0) is 13.9. The molecule has 100 valence electrons. The number of pyridine rings is 1. The molecule has 0 bridgehead atoms. The van der Waals surface area contributed by atoms with Gasteiger partial charge in [0.1, 0.15) is 23.4 Å². The summed E-state index contributed by atoms with van der Waals surface area (Å²) in [4.78, 5) is 5.31. The molecule has 5 heteroatoms. The number of benzene rings is 1. The highest BCUT2D eigenvalue weighted by Gasteiger charge is 2.21. The van der Waals surface area contributed by atoms with Crippen molar-refractivity contribution in [2.24, 2.45) is 0 Å². The number of aromatic nitrogens is 1. The fourth-order valence-electron chi connectivity index (χ4n) is 2.27. The van der Waals surface area contributed by atoms with Crippen molar-refractivity contribution in [3.05, 3.63) is 53.5 Å². The van der Waals surface area contributed by atoms with Crippen LogP contribution in [0, 0.1) is 17.1 Å². The van der Waals surface area contributed by atoms with E-state index in [0.29, 0.717) is 11.5 Å². The lowest BCUT2D eigenvalue weighted by molar-refractivity contribution is 0.615. The summed E-state index contributed by atoms with van der Waals surface area (Å²) in [6.45, 7) is 0. The maximum Gasteiger partial charge on any atom is 0.142 e. The molecule has 2 heterocycles. The van der Waals surface area contributed by atoms with Crippen LogP contribution in [0.25, 0.3) is 0 Å². The van der Waals surface area contributed by atoms with E-state index in [2.05, 4.69) is 10.3 Å². The minimum Gasteiger partial charge on any atom is -0.363 e. The monoisotopic (exact) mass is 285 g/mol. The molecule has 1 N–H and O–H groups in total. The van der Waals surface area contributed by atoms with Crippen LogP contribution in [-0.2, 0) is 0 Å². The summed E-state index contributed by atoms with van der Waals surface area (Å²) in [5.41, 5.74) is 1.34. The molecule has 0 saturated heterocycles. The number of fused-ring (bicyclic) bond motifs is 1. The molecule has 0 fully saturated rings. The molecular formula is C15H12FN3S. The van der Waals surface area contributed by atoms with E-state index in [1.165, 1.54) is 6.07 Å². The maximum absolute atomic E-state index is 13.4. The van der Waals surface area contributed by atoms with Crippen LogP contribution in [0.4, 0.5) is 10.2 Å². The van der Waals surface area contributed by atoms with Gasteiger partial charge in [-0.05, 0) is 42.3 Å². The normalized spacial score (nSPS) is 17.1. The van der Waals surface area contributed by atoms with E-state index in [1.54, 1.807) is 30.0 Å². The summed E-state index contributed by atoms with van der Waals surface area (Å²) >= 11 is 1.74. The highest BCUT2D eigenvalue weighted by molar-refractivity contribution is 7.99. The molecule has 3 nitrogen and oxygen atoms in total. The third-order valence-electron chi connectivity index (χ3n) is 3.20. The number of nitrogens with one attached hydrogen (secondary N) is 1. The van der Waals surface area contributed by atoms with Gasteiger partial charge in [-0.25, -0.2) is 9.37 Å². The topological polar surface area (TPSA) is 48.7 Å². The fraction of sp³-hybridized carbons (Fsp3) is 0.200. The average molecular weight is 285 g/mol. The van der Waals surface area contributed by atoms with E-state index in [0.717, 1.165) is 22.6 Å². The summed E-state index contributed by atoms with van der Waals surface area (Å²) in [6.07, 6.45) is 0.902. The first-order chi connectivity index (χ1) is 9.76. The van der Waals surface area contributed by atoms with Gasteiger partial charge in [-0.3, -0.25) is 0 Å². The Morgan fingerprint density at radius 1 is 1.35 bits per heavy atom. The van der Waals surface area contributed by atoms with Crippen LogP contribution in [-0.4, -0.2) is 10.7 Å². The molecule has 1 atom stereocenters. The van der Waals surface area contributed by atoms with Gasteiger partial charge in [0.25, 0.3) is 0 Å². The maximum atomic E-state index is 13.4. The Morgan fingerprint density at radius 3 is 3.10 bits per heavy atom. The molecule has 20 heavy (non-hydrogen) atoms. The Labute approximate surface area is 120 Å². The van der Waals surface area contributed by atoms with Crippen LogP contribution in [0.1, 0.15) is 23.7 Å². The minimum absolute atomic E-state index is 0.0309. The number of nitriles is 1. The summed E-state index contributed by atoms with van der Waals surface area (Å²) in [6, 6.07) is 12.2. The van der Waals surface area contributed by atoms with Crippen LogP contribution in [0.5, 0.6) is 0 Å². The van der Waals surface area contributed by atoms with Crippen molar-refractivity contribution >= 4 is 17.6 Å². The molecule has 0 aliphatic carbocycles. The Hall–Kier alpha value is -2.06. The van der Waals surface area contributed by atoms with E-state index in [1.807, 2.05) is 18.2 Å². The highest BCUT2D eigenvalue weighted by Crippen LogP contribution is 2.37. The molecule has 0 spiro atoms. The number of rotatable bonds is 2. The molecule has 0 saturated carbocycles. The van der Waals surface area contributed by atoms with E-state index >= 15 is 0 Å². The van der Waals surface area contributed by atoms with Crippen LogP contribution >= 0.6 is 11.8 Å². The number of hydrogen-bond donors (Lipinski definition) is 1. The largest absolute Gasteiger partial charge is 0.363 e. The van der Waals surface area contributed by atoms with Crippen molar-refractivity contribution in [3.63, 3.8) is 0 Å².